The van der Waals surface area contributed by atoms with Gasteiger partial charge in [-0.1, -0.05) is 35.3 Å². The van der Waals surface area contributed by atoms with Crippen LogP contribution in [-0.2, 0) is 11.3 Å². The van der Waals surface area contributed by atoms with Crippen LogP contribution in [0.1, 0.15) is 23.0 Å². The van der Waals surface area contributed by atoms with Gasteiger partial charge in [0, 0.05) is 15.6 Å². The van der Waals surface area contributed by atoms with Gasteiger partial charge in [0.25, 0.3) is 0 Å². The van der Waals surface area contributed by atoms with Crippen LogP contribution in [0.3, 0.4) is 0 Å². The predicted octanol–water partition coefficient (Wildman–Crippen LogP) is 4.53. The largest absolute Gasteiger partial charge is 0.488 e. The summed E-state index contributed by atoms with van der Waals surface area (Å²) in [6.07, 6.45) is 0. The van der Waals surface area contributed by atoms with Gasteiger partial charge in [-0.25, -0.2) is 4.79 Å². The van der Waals surface area contributed by atoms with Crippen molar-refractivity contribution < 1.29 is 14.3 Å². The molecule has 6 nitrogen and oxygen atoms in total. The highest BCUT2D eigenvalue weighted by molar-refractivity contribution is 6.31. The highest BCUT2D eigenvalue weighted by Gasteiger charge is 2.22. The predicted molar refractivity (Wildman–Crippen MR) is 98.6 cm³/mol. The summed E-state index contributed by atoms with van der Waals surface area (Å²) in [5, 5.41) is 11.5. The number of nitrogens with zero attached hydrogens (tertiary/aromatic N) is 2. The van der Waals surface area contributed by atoms with E-state index in [2.05, 4.69) is 15.4 Å². The van der Waals surface area contributed by atoms with Crippen LogP contribution in [0.2, 0.25) is 10.0 Å². The van der Waals surface area contributed by atoms with Gasteiger partial charge in [-0.15, -0.1) is 5.10 Å². The average Bonchev–Trinajstić information content (AvgIpc) is 3.12. The minimum Gasteiger partial charge on any atom is -0.488 e. The Morgan fingerprint density at radius 2 is 1.81 bits per heavy atom. The van der Waals surface area contributed by atoms with Crippen LogP contribution in [-0.4, -0.2) is 28.0 Å². The second-order valence-corrected chi connectivity index (χ2v) is 6.17. The Morgan fingerprint density at radius 3 is 2.54 bits per heavy atom. The molecule has 8 heteroatoms. The van der Waals surface area contributed by atoms with E-state index in [-0.39, 0.29) is 12.3 Å². The van der Waals surface area contributed by atoms with Crippen LogP contribution >= 0.6 is 23.2 Å². The molecule has 1 heterocycles. The van der Waals surface area contributed by atoms with E-state index in [4.69, 9.17) is 32.7 Å². The molecule has 3 aromatic rings. The average molecular weight is 392 g/mol. The number of hydrogen-bond donors (Lipinski definition) is 1. The topological polar surface area (TPSA) is 77.1 Å². The molecule has 0 amide bonds. The normalized spacial score (nSPS) is 10.6. The molecule has 0 spiro atoms. The van der Waals surface area contributed by atoms with Crippen molar-refractivity contribution in [1.82, 2.24) is 15.4 Å². The third-order valence-electron chi connectivity index (χ3n) is 3.52. The molecular weight excluding hydrogens is 377 g/mol. The third kappa shape index (κ3) is 4.15. The first-order chi connectivity index (χ1) is 12.6. The summed E-state index contributed by atoms with van der Waals surface area (Å²) in [5.41, 5.74) is 1.88. The molecule has 0 bridgehead atoms. The molecule has 1 N–H and O–H groups in total. The first kappa shape index (κ1) is 18.2. The zero-order valence-corrected chi connectivity index (χ0v) is 15.3. The van der Waals surface area contributed by atoms with Crippen molar-refractivity contribution in [3.05, 3.63) is 63.8 Å². The van der Waals surface area contributed by atoms with Gasteiger partial charge in [0.1, 0.15) is 18.1 Å². The molecule has 0 aliphatic heterocycles. The van der Waals surface area contributed by atoms with Crippen LogP contribution in [0, 0.1) is 0 Å². The molecule has 0 aliphatic rings. The van der Waals surface area contributed by atoms with Gasteiger partial charge in [0.2, 0.25) is 0 Å². The maximum absolute atomic E-state index is 12.1. The fourth-order valence-electron chi connectivity index (χ4n) is 2.32. The summed E-state index contributed by atoms with van der Waals surface area (Å²) in [4.78, 5) is 12.1. The van der Waals surface area contributed by atoms with E-state index in [0.29, 0.717) is 33.7 Å². The van der Waals surface area contributed by atoms with Gasteiger partial charge < -0.3 is 9.47 Å². The molecule has 0 unspecified atom stereocenters. The molecule has 0 fully saturated rings. The number of H-pyrrole nitrogens is 1. The summed E-state index contributed by atoms with van der Waals surface area (Å²) in [7, 11) is 0. The second-order valence-electron chi connectivity index (χ2n) is 5.30. The molecule has 1 aromatic heterocycles. The number of esters is 1. The zero-order chi connectivity index (χ0) is 18.5. The summed E-state index contributed by atoms with van der Waals surface area (Å²) in [6.45, 7) is 2.27. The van der Waals surface area contributed by atoms with Crippen molar-refractivity contribution in [2.75, 3.05) is 6.61 Å². The van der Waals surface area contributed by atoms with Crippen molar-refractivity contribution in [2.24, 2.45) is 0 Å². The van der Waals surface area contributed by atoms with Crippen molar-refractivity contribution in [3.63, 3.8) is 0 Å². The number of rotatable bonds is 6. The zero-order valence-electron chi connectivity index (χ0n) is 13.8. The van der Waals surface area contributed by atoms with Crippen molar-refractivity contribution in [1.29, 1.82) is 0 Å². The number of nitrogens with one attached hydrogen (secondary N) is 1. The second kappa shape index (κ2) is 8.21. The molecule has 0 saturated heterocycles. The number of carbonyl (C=O) groups is 1. The van der Waals surface area contributed by atoms with Crippen LogP contribution in [0.25, 0.3) is 11.3 Å². The number of ether oxygens (including phenoxy) is 2. The Morgan fingerprint density at radius 1 is 1.08 bits per heavy atom. The number of aromatic nitrogens is 3. The van der Waals surface area contributed by atoms with E-state index in [1.165, 1.54) is 0 Å². The fraction of sp³-hybridized carbons (Fsp3) is 0.167. The van der Waals surface area contributed by atoms with Gasteiger partial charge in [-0.2, -0.15) is 10.3 Å². The Labute approximate surface area is 160 Å². The Balaban J connectivity index is 1.90. The van der Waals surface area contributed by atoms with Crippen molar-refractivity contribution in [2.45, 2.75) is 13.5 Å². The van der Waals surface area contributed by atoms with Gasteiger partial charge in [0.15, 0.2) is 5.69 Å². The number of carbonyl (C=O) groups excluding carboxylic acids is 1. The smallest absolute Gasteiger partial charge is 0.361 e. The van der Waals surface area contributed by atoms with Crippen LogP contribution in [0.4, 0.5) is 0 Å². The van der Waals surface area contributed by atoms with Crippen LogP contribution in [0.15, 0.2) is 42.5 Å². The molecule has 2 aromatic carbocycles. The first-order valence-electron chi connectivity index (χ1n) is 7.83. The number of aromatic amines is 1. The summed E-state index contributed by atoms with van der Waals surface area (Å²) < 4.78 is 10.9. The highest BCUT2D eigenvalue weighted by Crippen LogP contribution is 2.33. The van der Waals surface area contributed by atoms with Gasteiger partial charge >= 0.3 is 5.97 Å². The van der Waals surface area contributed by atoms with E-state index in [0.717, 1.165) is 5.56 Å². The molecule has 0 radical (unpaired) electrons. The van der Waals surface area contributed by atoms with E-state index in [1.54, 1.807) is 37.3 Å². The minimum atomic E-state index is -0.570. The molecule has 3 rings (SSSR count). The van der Waals surface area contributed by atoms with E-state index in [9.17, 15) is 4.79 Å². The number of halogens is 2. The fourth-order valence-corrected chi connectivity index (χ4v) is 2.61. The van der Waals surface area contributed by atoms with Crippen molar-refractivity contribution in [3.8, 4) is 17.0 Å². The number of hydrogen-bond acceptors (Lipinski definition) is 5. The first-order valence-corrected chi connectivity index (χ1v) is 8.59. The summed E-state index contributed by atoms with van der Waals surface area (Å²) >= 11 is 12.0. The highest BCUT2D eigenvalue weighted by atomic mass is 35.5. The monoisotopic (exact) mass is 391 g/mol. The molecule has 0 saturated carbocycles. The van der Waals surface area contributed by atoms with Gasteiger partial charge in [-0.05, 0) is 42.8 Å². The molecule has 0 aliphatic carbocycles. The van der Waals surface area contributed by atoms with E-state index in [1.807, 2.05) is 12.1 Å². The standard InChI is InChI=1S/C18H15Cl2N3O3/c1-2-25-18(24)17-16(21-23-22-17)14-9-13(20)7-8-15(14)26-10-11-3-5-12(19)6-4-11/h3-9H,2,10H2,1H3,(H,21,22,23). The van der Waals surface area contributed by atoms with Gasteiger partial charge in [-0.3, -0.25) is 0 Å². The van der Waals surface area contributed by atoms with E-state index >= 15 is 0 Å². The summed E-state index contributed by atoms with van der Waals surface area (Å²) in [6, 6.07) is 12.4. The third-order valence-corrected chi connectivity index (χ3v) is 4.01. The quantitative estimate of drug-likeness (QED) is 0.624. The lowest BCUT2D eigenvalue weighted by Gasteiger charge is -2.11. The molecule has 134 valence electrons. The lowest BCUT2D eigenvalue weighted by Crippen LogP contribution is -2.07. The molecule has 0 atom stereocenters. The van der Waals surface area contributed by atoms with Crippen molar-refractivity contribution >= 4 is 29.2 Å². The van der Waals surface area contributed by atoms with Crippen LogP contribution in [0.5, 0.6) is 5.75 Å². The molecule has 26 heavy (non-hydrogen) atoms. The lowest BCUT2D eigenvalue weighted by atomic mass is 10.1. The SMILES string of the molecule is CCOC(=O)c1n[nH]nc1-c1cc(Cl)ccc1OCc1ccc(Cl)cc1. The summed E-state index contributed by atoms with van der Waals surface area (Å²) in [5.74, 6) is -0.0522. The maximum atomic E-state index is 12.1. The Hall–Kier alpha value is -2.57. The Kier molecular flexibility index (Phi) is 5.75. The Bertz CT molecular complexity index is 910. The van der Waals surface area contributed by atoms with Gasteiger partial charge in [0.05, 0.1) is 6.61 Å². The number of benzene rings is 2. The maximum Gasteiger partial charge on any atom is 0.361 e. The van der Waals surface area contributed by atoms with Crippen LogP contribution < -0.4 is 4.74 Å². The van der Waals surface area contributed by atoms with E-state index < -0.39 is 5.97 Å². The molecular formula is C18H15Cl2N3O3. The lowest BCUT2D eigenvalue weighted by molar-refractivity contribution is 0.0520. The minimum absolute atomic E-state index is 0.0745.